The summed E-state index contributed by atoms with van der Waals surface area (Å²) < 4.78 is 0. The first-order chi connectivity index (χ1) is 4.88. The smallest absolute Gasteiger partial charge is 0.0535 e. The van der Waals surface area contributed by atoms with Gasteiger partial charge in [0.1, 0.15) is 0 Å². The van der Waals surface area contributed by atoms with Crippen molar-refractivity contribution in [1.82, 2.24) is 10.2 Å². The quantitative estimate of drug-likeness (QED) is 0.634. The van der Waals surface area contributed by atoms with Gasteiger partial charge in [0.2, 0.25) is 0 Å². The lowest BCUT2D eigenvalue weighted by Crippen LogP contribution is -2.10. The molecule has 3 N–H and O–H groups in total. The lowest BCUT2D eigenvalue weighted by molar-refractivity contribution is 0.634. The summed E-state index contributed by atoms with van der Waals surface area (Å²) in [6.07, 6.45) is 6.25. The van der Waals surface area contributed by atoms with Crippen LogP contribution in [0.3, 0.4) is 0 Å². The molecule has 1 aliphatic carbocycles. The summed E-state index contributed by atoms with van der Waals surface area (Å²) in [5.74, 6) is 0.720. The minimum atomic E-state index is 0.221. The van der Waals surface area contributed by atoms with E-state index in [1.165, 1.54) is 12.8 Å². The number of hydrogen-bond acceptors (Lipinski definition) is 2. The highest BCUT2D eigenvalue weighted by Crippen LogP contribution is 2.38. The molecule has 0 saturated heterocycles. The van der Waals surface area contributed by atoms with Crippen LogP contribution in [-0.4, -0.2) is 10.2 Å². The molecular formula is C7H11N3. The molecule has 1 fully saturated rings. The lowest BCUT2D eigenvalue weighted by atomic mass is 10.1. The van der Waals surface area contributed by atoms with Gasteiger partial charge in [-0.25, -0.2) is 0 Å². The van der Waals surface area contributed by atoms with Crippen molar-refractivity contribution < 1.29 is 0 Å². The molecule has 1 atom stereocenters. The molecule has 1 unspecified atom stereocenters. The maximum absolute atomic E-state index is 5.88. The van der Waals surface area contributed by atoms with Gasteiger partial charge in [-0.1, -0.05) is 0 Å². The van der Waals surface area contributed by atoms with Gasteiger partial charge in [-0.3, -0.25) is 5.10 Å². The van der Waals surface area contributed by atoms with Gasteiger partial charge < -0.3 is 5.73 Å². The molecule has 0 radical (unpaired) electrons. The zero-order valence-corrected chi connectivity index (χ0v) is 5.75. The molecule has 54 valence electrons. The molecular weight excluding hydrogens is 126 g/mol. The van der Waals surface area contributed by atoms with Gasteiger partial charge in [-0.15, -0.1) is 0 Å². The Morgan fingerprint density at radius 3 is 3.00 bits per heavy atom. The summed E-state index contributed by atoms with van der Waals surface area (Å²) in [5, 5.41) is 6.61. The predicted octanol–water partition coefficient (Wildman–Crippen LogP) is 0.819. The van der Waals surface area contributed by atoms with E-state index in [9.17, 15) is 0 Å². The topological polar surface area (TPSA) is 54.7 Å². The predicted molar refractivity (Wildman–Crippen MR) is 38.2 cm³/mol. The Morgan fingerprint density at radius 1 is 1.70 bits per heavy atom. The molecule has 1 saturated carbocycles. The van der Waals surface area contributed by atoms with Crippen molar-refractivity contribution in [2.75, 3.05) is 0 Å². The van der Waals surface area contributed by atoms with Crippen LogP contribution in [0.15, 0.2) is 12.4 Å². The largest absolute Gasteiger partial charge is 0.324 e. The first-order valence-corrected chi connectivity index (χ1v) is 3.62. The van der Waals surface area contributed by atoms with Gasteiger partial charge >= 0.3 is 0 Å². The summed E-state index contributed by atoms with van der Waals surface area (Å²) in [4.78, 5) is 0. The van der Waals surface area contributed by atoms with Crippen LogP contribution >= 0.6 is 0 Å². The fraction of sp³-hybridized carbons (Fsp3) is 0.571. The molecule has 1 aromatic rings. The molecule has 1 aromatic heterocycles. The van der Waals surface area contributed by atoms with E-state index >= 15 is 0 Å². The molecule has 10 heavy (non-hydrogen) atoms. The van der Waals surface area contributed by atoms with Crippen LogP contribution in [0.1, 0.15) is 24.4 Å². The van der Waals surface area contributed by atoms with Gasteiger partial charge in [0, 0.05) is 17.8 Å². The van der Waals surface area contributed by atoms with E-state index in [1.54, 1.807) is 0 Å². The third-order valence-corrected chi connectivity index (χ3v) is 2.03. The first-order valence-electron chi connectivity index (χ1n) is 3.62. The minimum absolute atomic E-state index is 0.221. The van der Waals surface area contributed by atoms with Crippen molar-refractivity contribution in [3.8, 4) is 0 Å². The highest BCUT2D eigenvalue weighted by atomic mass is 15.1. The summed E-state index contributed by atoms with van der Waals surface area (Å²) in [7, 11) is 0. The van der Waals surface area contributed by atoms with Crippen molar-refractivity contribution >= 4 is 0 Å². The Kier molecular flexibility index (Phi) is 1.24. The molecule has 1 aliphatic rings. The zero-order chi connectivity index (χ0) is 6.97. The van der Waals surface area contributed by atoms with E-state index in [-0.39, 0.29) is 6.04 Å². The fourth-order valence-electron chi connectivity index (χ4n) is 1.17. The standard InChI is InChI=1S/C7H11N3/c8-7(5-1-2-5)6-3-9-10-4-6/h3-5,7H,1-2,8H2,(H,9,10). The van der Waals surface area contributed by atoms with Crippen LogP contribution in [0.2, 0.25) is 0 Å². The molecule has 0 amide bonds. The average Bonchev–Trinajstić information content (AvgIpc) is 2.65. The van der Waals surface area contributed by atoms with Crippen LogP contribution in [0.25, 0.3) is 0 Å². The minimum Gasteiger partial charge on any atom is -0.324 e. The number of hydrogen-bond donors (Lipinski definition) is 2. The Labute approximate surface area is 59.6 Å². The molecule has 0 aromatic carbocycles. The average molecular weight is 137 g/mol. The van der Waals surface area contributed by atoms with Crippen molar-refractivity contribution in [3.05, 3.63) is 18.0 Å². The number of nitrogens with one attached hydrogen (secondary N) is 1. The monoisotopic (exact) mass is 137 g/mol. The number of nitrogens with zero attached hydrogens (tertiary/aromatic N) is 1. The molecule has 1 heterocycles. The van der Waals surface area contributed by atoms with Crippen molar-refractivity contribution in [3.63, 3.8) is 0 Å². The third-order valence-electron chi connectivity index (χ3n) is 2.03. The van der Waals surface area contributed by atoms with E-state index in [0.29, 0.717) is 0 Å². The molecule has 3 nitrogen and oxygen atoms in total. The van der Waals surface area contributed by atoms with Crippen molar-refractivity contribution in [1.29, 1.82) is 0 Å². The summed E-state index contributed by atoms with van der Waals surface area (Å²) in [5.41, 5.74) is 7.03. The number of rotatable bonds is 2. The van der Waals surface area contributed by atoms with E-state index in [2.05, 4.69) is 10.2 Å². The highest BCUT2D eigenvalue weighted by molar-refractivity contribution is 5.11. The van der Waals surface area contributed by atoms with Crippen molar-refractivity contribution in [2.45, 2.75) is 18.9 Å². The summed E-state index contributed by atoms with van der Waals surface area (Å²) in [6, 6.07) is 0.221. The van der Waals surface area contributed by atoms with E-state index in [0.717, 1.165) is 11.5 Å². The van der Waals surface area contributed by atoms with Gasteiger partial charge in [0.05, 0.1) is 6.20 Å². The van der Waals surface area contributed by atoms with E-state index in [4.69, 9.17) is 5.73 Å². The van der Waals surface area contributed by atoms with E-state index in [1.807, 2.05) is 12.4 Å². The normalized spacial score (nSPS) is 20.9. The van der Waals surface area contributed by atoms with Crippen LogP contribution in [0, 0.1) is 5.92 Å². The second-order valence-corrected chi connectivity index (χ2v) is 2.89. The highest BCUT2D eigenvalue weighted by Gasteiger charge is 2.29. The lowest BCUT2D eigenvalue weighted by Gasteiger charge is -2.04. The Morgan fingerprint density at radius 2 is 2.50 bits per heavy atom. The zero-order valence-electron chi connectivity index (χ0n) is 5.75. The molecule has 3 heteroatoms. The van der Waals surface area contributed by atoms with E-state index < -0.39 is 0 Å². The second-order valence-electron chi connectivity index (χ2n) is 2.89. The maximum Gasteiger partial charge on any atom is 0.0535 e. The molecule has 0 spiro atoms. The van der Waals surface area contributed by atoms with Crippen LogP contribution in [0.4, 0.5) is 0 Å². The van der Waals surface area contributed by atoms with Crippen LogP contribution in [0.5, 0.6) is 0 Å². The SMILES string of the molecule is NC(c1cn[nH]c1)C1CC1. The molecule has 0 bridgehead atoms. The van der Waals surface area contributed by atoms with Gasteiger partial charge in [-0.05, 0) is 18.8 Å². The summed E-state index contributed by atoms with van der Waals surface area (Å²) in [6.45, 7) is 0. The maximum atomic E-state index is 5.88. The van der Waals surface area contributed by atoms with Gasteiger partial charge in [0.25, 0.3) is 0 Å². The second kappa shape index (κ2) is 2.09. The Balaban J connectivity index is 2.11. The van der Waals surface area contributed by atoms with Gasteiger partial charge in [-0.2, -0.15) is 5.10 Å². The van der Waals surface area contributed by atoms with Crippen LogP contribution in [-0.2, 0) is 0 Å². The van der Waals surface area contributed by atoms with Gasteiger partial charge in [0.15, 0.2) is 0 Å². The Hall–Kier alpha value is -0.830. The number of nitrogens with two attached hydrogens (primary N) is 1. The number of aromatic nitrogens is 2. The number of aromatic amines is 1. The fourth-order valence-corrected chi connectivity index (χ4v) is 1.17. The molecule has 2 rings (SSSR count). The van der Waals surface area contributed by atoms with Crippen LogP contribution < -0.4 is 5.73 Å². The third kappa shape index (κ3) is 0.926. The Bertz CT molecular complexity index is 201. The number of H-pyrrole nitrogens is 1. The molecule has 0 aliphatic heterocycles. The summed E-state index contributed by atoms with van der Waals surface area (Å²) >= 11 is 0. The first kappa shape index (κ1) is 5.92. The van der Waals surface area contributed by atoms with Crippen molar-refractivity contribution in [2.24, 2.45) is 11.7 Å².